The number of nitrogens with zero attached hydrogens (tertiary/aromatic N) is 3. The number of carbonyl (C=O) groups excluding carboxylic acids is 3. The monoisotopic (exact) mass is 365 g/mol. The van der Waals surface area contributed by atoms with E-state index in [-0.39, 0.29) is 30.0 Å². The van der Waals surface area contributed by atoms with E-state index in [1.165, 1.54) is 18.2 Å². The minimum atomic E-state index is -0.725. The molecule has 0 aromatic heterocycles. The molecule has 8 nitrogen and oxygen atoms in total. The first-order valence-corrected chi connectivity index (χ1v) is 8.51. The lowest BCUT2D eigenvalue weighted by Crippen LogP contribution is -2.36. The molecule has 2 aliphatic rings. The molecular formula is C19H15N3O5. The zero-order chi connectivity index (χ0) is 19.1. The molecule has 2 aliphatic heterocycles. The maximum absolute atomic E-state index is 12.6. The van der Waals surface area contributed by atoms with Crippen molar-refractivity contribution >= 4 is 29.1 Å². The average molecular weight is 365 g/mol. The van der Waals surface area contributed by atoms with Gasteiger partial charge in [0.15, 0.2) is 0 Å². The van der Waals surface area contributed by atoms with Crippen LogP contribution in [0.3, 0.4) is 0 Å². The lowest BCUT2D eigenvalue weighted by Gasteiger charge is -2.19. The molecule has 8 heteroatoms. The largest absolute Gasteiger partial charge is 0.312 e. The molecule has 0 radical (unpaired) electrons. The van der Waals surface area contributed by atoms with Crippen LogP contribution in [0.2, 0.25) is 0 Å². The van der Waals surface area contributed by atoms with Gasteiger partial charge in [0.1, 0.15) is 5.56 Å². The molecule has 0 saturated carbocycles. The number of para-hydroxylation sites is 1. The van der Waals surface area contributed by atoms with E-state index in [2.05, 4.69) is 0 Å². The zero-order valence-corrected chi connectivity index (χ0v) is 14.3. The second-order valence-electron chi connectivity index (χ2n) is 6.39. The fourth-order valence-electron chi connectivity index (χ4n) is 3.61. The maximum atomic E-state index is 12.6. The Morgan fingerprint density at radius 1 is 1.07 bits per heavy atom. The third-order valence-corrected chi connectivity index (χ3v) is 4.91. The van der Waals surface area contributed by atoms with Crippen LogP contribution in [0.5, 0.6) is 0 Å². The normalized spacial score (nSPS) is 15.1. The fraction of sp³-hybridized carbons (Fsp3) is 0.211. The Labute approximate surface area is 154 Å². The number of amides is 3. The predicted molar refractivity (Wildman–Crippen MR) is 95.6 cm³/mol. The van der Waals surface area contributed by atoms with Crippen LogP contribution in [0.15, 0.2) is 42.5 Å². The Morgan fingerprint density at radius 3 is 2.63 bits per heavy atom. The molecule has 0 fully saturated rings. The molecule has 2 aromatic rings. The second-order valence-corrected chi connectivity index (χ2v) is 6.39. The third kappa shape index (κ3) is 2.66. The summed E-state index contributed by atoms with van der Waals surface area (Å²) < 4.78 is 0. The van der Waals surface area contributed by atoms with Gasteiger partial charge >= 0.3 is 0 Å². The molecule has 0 spiro atoms. The van der Waals surface area contributed by atoms with Crippen molar-refractivity contribution in [3.8, 4) is 0 Å². The number of nitro benzene ring substituents is 1. The molecule has 0 atom stereocenters. The zero-order valence-electron chi connectivity index (χ0n) is 14.3. The van der Waals surface area contributed by atoms with E-state index in [0.717, 1.165) is 22.6 Å². The van der Waals surface area contributed by atoms with Crippen LogP contribution >= 0.6 is 0 Å². The summed E-state index contributed by atoms with van der Waals surface area (Å²) in [5.74, 6) is -1.52. The second kappa shape index (κ2) is 6.31. The Kier molecular flexibility index (Phi) is 3.95. The van der Waals surface area contributed by atoms with Gasteiger partial charge in [-0.25, -0.2) is 0 Å². The van der Waals surface area contributed by atoms with Crippen molar-refractivity contribution in [3.63, 3.8) is 0 Å². The van der Waals surface area contributed by atoms with E-state index in [9.17, 15) is 24.5 Å². The quantitative estimate of drug-likeness (QED) is 0.469. The van der Waals surface area contributed by atoms with Crippen molar-refractivity contribution < 1.29 is 19.3 Å². The van der Waals surface area contributed by atoms with Crippen LogP contribution in [-0.2, 0) is 11.2 Å². The topological polar surface area (TPSA) is 101 Å². The maximum Gasteiger partial charge on any atom is 0.282 e. The van der Waals surface area contributed by atoms with Crippen LogP contribution in [0.25, 0.3) is 0 Å². The van der Waals surface area contributed by atoms with Gasteiger partial charge in [-0.15, -0.1) is 0 Å². The molecule has 2 aromatic carbocycles. The van der Waals surface area contributed by atoms with Gasteiger partial charge in [0, 0.05) is 31.3 Å². The van der Waals surface area contributed by atoms with Crippen molar-refractivity contribution in [2.75, 3.05) is 18.0 Å². The van der Waals surface area contributed by atoms with E-state index in [1.807, 2.05) is 24.3 Å². The summed E-state index contributed by atoms with van der Waals surface area (Å²) in [4.78, 5) is 50.6. The van der Waals surface area contributed by atoms with E-state index in [0.29, 0.717) is 6.54 Å². The molecular weight excluding hydrogens is 350 g/mol. The van der Waals surface area contributed by atoms with Crippen LogP contribution in [-0.4, -0.2) is 40.6 Å². The predicted octanol–water partition coefficient (Wildman–Crippen LogP) is 2.17. The van der Waals surface area contributed by atoms with Crippen LogP contribution in [0.1, 0.15) is 32.7 Å². The minimum Gasteiger partial charge on any atom is -0.312 e. The van der Waals surface area contributed by atoms with Crippen LogP contribution in [0.4, 0.5) is 11.4 Å². The Balaban J connectivity index is 1.51. The van der Waals surface area contributed by atoms with Gasteiger partial charge in [-0.1, -0.05) is 24.3 Å². The summed E-state index contributed by atoms with van der Waals surface area (Å²) in [5.41, 5.74) is 1.34. The van der Waals surface area contributed by atoms with E-state index in [4.69, 9.17) is 0 Å². The summed E-state index contributed by atoms with van der Waals surface area (Å²) in [6.45, 7) is 0.451. The molecule has 0 aliphatic carbocycles. The Morgan fingerprint density at radius 2 is 1.85 bits per heavy atom. The number of rotatable bonds is 4. The Hall–Kier alpha value is -3.55. The highest BCUT2D eigenvalue weighted by Crippen LogP contribution is 2.31. The van der Waals surface area contributed by atoms with Crippen molar-refractivity contribution in [1.29, 1.82) is 0 Å². The first kappa shape index (κ1) is 16.9. The summed E-state index contributed by atoms with van der Waals surface area (Å²) >= 11 is 0. The SMILES string of the molecule is O=C1c2cccc([N+](=O)[O-])c2C(=O)N1CCC(=O)N1CCc2ccccc21. The summed E-state index contributed by atoms with van der Waals surface area (Å²) in [6, 6.07) is 11.6. The fourth-order valence-corrected chi connectivity index (χ4v) is 3.61. The average Bonchev–Trinajstić information content (AvgIpc) is 3.20. The number of hydrogen-bond donors (Lipinski definition) is 0. The molecule has 3 amide bonds. The van der Waals surface area contributed by atoms with Crippen LogP contribution in [0, 0.1) is 10.1 Å². The molecule has 0 bridgehead atoms. The molecule has 136 valence electrons. The molecule has 27 heavy (non-hydrogen) atoms. The summed E-state index contributed by atoms with van der Waals surface area (Å²) in [6.07, 6.45) is 0.731. The number of benzene rings is 2. The highest BCUT2D eigenvalue weighted by Gasteiger charge is 2.41. The van der Waals surface area contributed by atoms with Gasteiger partial charge in [-0.05, 0) is 24.1 Å². The standard InChI is InChI=1S/C19H15N3O5/c23-16(20-10-8-12-4-1-2-6-14(12)20)9-11-21-18(24)13-5-3-7-15(22(26)27)17(13)19(21)25/h1-7H,8-11H2. The number of nitro groups is 1. The number of carbonyl (C=O) groups is 3. The molecule has 2 heterocycles. The van der Waals surface area contributed by atoms with Crippen molar-refractivity contribution in [2.45, 2.75) is 12.8 Å². The first-order valence-electron chi connectivity index (χ1n) is 8.51. The van der Waals surface area contributed by atoms with Gasteiger partial charge in [0.25, 0.3) is 17.5 Å². The Bertz CT molecular complexity index is 1000. The molecule has 0 saturated heterocycles. The highest BCUT2D eigenvalue weighted by molar-refractivity contribution is 6.23. The molecule has 4 rings (SSSR count). The minimum absolute atomic E-state index is 0.00756. The van der Waals surface area contributed by atoms with Crippen molar-refractivity contribution in [2.24, 2.45) is 0 Å². The lowest BCUT2D eigenvalue weighted by atomic mass is 10.1. The van der Waals surface area contributed by atoms with Crippen LogP contribution < -0.4 is 4.90 Å². The number of fused-ring (bicyclic) bond motifs is 2. The van der Waals surface area contributed by atoms with Gasteiger partial charge < -0.3 is 4.90 Å². The smallest absolute Gasteiger partial charge is 0.282 e. The number of imide groups is 1. The van der Waals surface area contributed by atoms with Gasteiger partial charge in [-0.2, -0.15) is 0 Å². The van der Waals surface area contributed by atoms with Crippen molar-refractivity contribution in [1.82, 2.24) is 4.90 Å². The molecule has 0 N–H and O–H groups in total. The number of anilines is 1. The lowest BCUT2D eigenvalue weighted by molar-refractivity contribution is -0.385. The van der Waals surface area contributed by atoms with E-state index >= 15 is 0 Å². The van der Waals surface area contributed by atoms with Gasteiger partial charge in [0.2, 0.25) is 5.91 Å². The third-order valence-electron chi connectivity index (χ3n) is 4.91. The summed E-state index contributed by atoms with van der Waals surface area (Å²) in [5, 5.41) is 11.1. The van der Waals surface area contributed by atoms with Gasteiger partial charge in [0.05, 0.1) is 10.5 Å². The van der Waals surface area contributed by atoms with Crippen molar-refractivity contribution in [3.05, 3.63) is 69.3 Å². The number of hydrogen-bond acceptors (Lipinski definition) is 5. The highest BCUT2D eigenvalue weighted by atomic mass is 16.6. The van der Waals surface area contributed by atoms with E-state index < -0.39 is 22.4 Å². The summed E-state index contributed by atoms with van der Waals surface area (Å²) in [7, 11) is 0. The molecule has 0 unspecified atom stereocenters. The van der Waals surface area contributed by atoms with E-state index in [1.54, 1.807) is 4.90 Å². The first-order chi connectivity index (χ1) is 13.0. The van der Waals surface area contributed by atoms with Gasteiger partial charge in [-0.3, -0.25) is 29.4 Å².